The third-order valence-corrected chi connectivity index (χ3v) is 4.06. The van der Waals surface area contributed by atoms with E-state index in [1.165, 1.54) is 6.92 Å². The van der Waals surface area contributed by atoms with E-state index in [4.69, 9.17) is 4.74 Å². The van der Waals surface area contributed by atoms with Gasteiger partial charge in [0.1, 0.15) is 0 Å². The van der Waals surface area contributed by atoms with Crippen molar-refractivity contribution in [1.29, 1.82) is 0 Å². The highest BCUT2D eigenvalue weighted by Crippen LogP contribution is 2.19. The van der Waals surface area contributed by atoms with E-state index >= 15 is 0 Å². The molecule has 10 heteroatoms. The van der Waals surface area contributed by atoms with Gasteiger partial charge in [-0.05, 0) is 19.1 Å². The van der Waals surface area contributed by atoms with Crippen LogP contribution in [0.25, 0.3) is 0 Å². The van der Waals surface area contributed by atoms with Gasteiger partial charge in [0.15, 0.2) is 29.3 Å². The normalized spacial score (nSPS) is 11.4. The van der Waals surface area contributed by atoms with Crippen LogP contribution in [0.4, 0.5) is 18.9 Å². The molecule has 164 valence electrons. The molecule has 1 unspecified atom stereocenters. The fourth-order valence-corrected chi connectivity index (χ4v) is 2.42. The molecule has 0 aliphatic heterocycles. The van der Waals surface area contributed by atoms with Gasteiger partial charge >= 0.3 is 5.97 Å². The van der Waals surface area contributed by atoms with E-state index in [0.29, 0.717) is 11.6 Å². The van der Waals surface area contributed by atoms with Gasteiger partial charge in [0.05, 0.1) is 18.7 Å². The molecule has 0 bridgehead atoms. The van der Waals surface area contributed by atoms with Gasteiger partial charge in [-0.2, -0.15) is 0 Å². The Morgan fingerprint density at radius 2 is 1.61 bits per heavy atom. The van der Waals surface area contributed by atoms with Crippen LogP contribution in [0.2, 0.25) is 0 Å². The molecule has 1 atom stereocenters. The SMILES string of the molecule is CC(OC(=O)CCC(=O)c1ccccc1)C(=O)NCC(=O)Nc1ccc(F)c(F)c1F. The second-order valence-corrected chi connectivity index (χ2v) is 6.41. The van der Waals surface area contributed by atoms with Gasteiger partial charge in [-0.25, -0.2) is 13.2 Å². The van der Waals surface area contributed by atoms with E-state index in [1.54, 1.807) is 30.3 Å². The molecule has 31 heavy (non-hydrogen) atoms. The zero-order chi connectivity index (χ0) is 23.0. The standard InChI is InChI=1S/C21H19F3N2O5/c1-12(31-18(29)10-9-16(27)13-5-3-2-4-6-13)21(30)25-11-17(28)26-15-8-7-14(22)19(23)20(15)24/h2-8,12H,9-11H2,1H3,(H,25,30)(H,26,28). The summed E-state index contributed by atoms with van der Waals surface area (Å²) in [4.78, 5) is 47.5. The summed E-state index contributed by atoms with van der Waals surface area (Å²) in [6, 6.07) is 9.82. The van der Waals surface area contributed by atoms with Crippen molar-refractivity contribution < 1.29 is 37.1 Å². The Bertz CT molecular complexity index is 982. The molecule has 0 aliphatic carbocycles. The van der Waals surface area contributed by atoms with Crippen molar-refractivity contribution in [3.63, 3.8) is 0 Å². The number of hydrogen-bond acceptors (Lipinski definition) is 5. The van der Waals surface area contributed by atoms with Crippen LogP contribution in [0.3, 0.4) is 0 Å². The van der Waals surface area contributed by atoms with Gasteiger partial charge in [-0.3, -0.25) is 19.2 Å². The zero-order valence-electron chi connectivity index (χ0n) is 16.4. The largest absolute Gasteiger partial charge is 0.453 e. The summed E-state index contributed by atoms with van der Waals surface area (Å²) >= 11 is 0. The van der Waals surface area contributed by atoms with Crippen LogP contribution >= 0.6 is 0 Å². The Morgan fingerprint density at radius 1 is 0.935 bits per heavy atom. The summed E-state index contributed by atoms with van der Waals surface area (Å²) in [6.07, 6.45) is -1.59. The van der Waals surface area contributed by atoms with E-state index in [-0.39, 0.29) is 18.6 Å². The molecule has 2 N–H and O–H groups in total. The molecule has 0 aromatic heterocycles. The number of esters is 1. The molecular weight excluding hydrogens is 417 g/mol. The molecule has 2 aromatic rings. The number of amides is 2. The van der Waals surface area contributed by atoms with Crippen LogP contribution in [0, 0.1) is 17.5 Å². The highest BCUT2D eigenvalue weighted by atomic mass is 19.2. The number of ether oxygens (including phenoxy) is 1. The van der Waals surface area contributed by atoms with Crippen LogP contribution < -0.4 is 10.6 Å². The average Bonchev–Trinajstić information content (AvgIpc) is 2.76. The van der Waals surface area contributed by atoms with E-state index in [2.05, 4.69) is 5.32 Å². The smallest absolute Gasteiger partial charge is 0.307 e. The third kappa shape index (κ3) is 6.95. The molecule has 2 rings (SSSR count). The van der Waals surface area contributed by atoms with Crippen LogP contribution in [-0.4, -0.2) is 36.2 Å². The molecule has 0 radical (unpaired) electrons. The molecule has 0 saturated carbocycles. The Balaban J connectivity index is 1.75. The van der Waals surface area contributed by atoms with Gasteiger partial charge in [-0.15, -0.1) is 0 Å². The predicted molar refractivity (Wildman–Crippen MR) is 104 cm³/mol. The maximum Gasteiger partial charge on any atom is 0.307 e. The van der Waals surface area contributed by atoms with Crippen molar-refractivity contribution in [3.8, 4) is 0 Å². The second kappa shape index (κ2) is 10.9. The Hall–Kier alpha value is -3.69. The van der Waals surface area contributed by atoms with Gasteiger partial charge in [0.2, 0.25) is 5.91 Å². The lowest BCUT2D eigenvalue weighted by molar-refractivity contribution is -0.154. The number of halogens is 3. The fourth-order valence-electron chi connectivity index (χ4n) is 2.42. The van der Waals surface area contributed by atoms with E-state index in [9.17, 15) is 32.3 Å². The lowest BCUT2D eigenvalue weighted by Gasteiger charge is -2.13. The number of carbonyl (C=O) groups is 4. The summed E-state index contributed by atoms with van der Waals surface area (Å²) in [5.74, 6) is -7.49. The van der Waals surface area contributed by atoms with Crippen molar-refractivity contribution in [1.82, 2.24) is 5.32 Å². The lowest BCUT2D eigenvalue weighted by atomic mass is 10.1. The number of benzene rings is 2. The van der Waals surface area contributed by atoms with Gasteiger partial charge < -0.3 is 15.4 Å². The van der Waals surface area contributed by atoms with Crippen molar-refractivity contribution >= 4 is 29.3 Å². The Labute approximate surface area is 175 Å². The molecule has 0 spiro atoms. The van der Waals surface area contributed by atoms with Crippen molar-refractivity contribution in [2.45, 2.75) is 25.9 Å². The molecule has 0 heterocycles. The van der Waals surface area contributed by atoms with E-state index in [0.717, 1.165) is 6.07 Å². The number of ketones is 1. The molecule has 7 nitrogen and oxygen atoms in total. The first-order chi connectivity index (χ1) is 14.7. The van der Waals surface area contributed by atoms with Crippen LogP contribution in [0.5, 0.6) is 0 Å². The number of Topliss-reactive ketones (excluding diaryl/α,β-unsaturated/α-hetero) is 1. The average molecular weight is 436 g/mol. The van der Waals surface area contributed by atoms with Crippen molar-refractivity contribution in [3.05, 3.63) is 65.5 Å². The maximum atomic E-state index is 13.5. The number of carbonyl (C=O) groups excluding carboxylic acids is 4. The van der Waals surface area contributed by atoms with Gasteiger partial charge in [0, 0.05) is 12.0 Å². The first-order valence-corrected chi connectivity index (χ1v) is 9.17. The molecule has 0 saturated heterocycles. The minimum atomic E-state index is -1.74. The Morgan fingerprint density at radius 3 is 2.29 bits per heavy atom. The second-order valence-electron chi connectivity index (χ2n) is 6.41. The number of nitrogens with one attached hydrogen (secondary N) is 2. The molecule has 2 aromatic carbocycles. The summed E-state index contributed by atoms with van der Waals surface area (Å²) in [5, 5.41) is 4.14. The van der Waals surface area contributed by atoms with E-state index in [1.807, 2.05) is 5.32 Å². The van der Waals surface area contributed by atoms with E-state index < -0.39 is 53.6 Å². The summed E-state index contributed by atoms with van der Waals surface area (Å²) in [6.45, 7) is 0.630. The Kier molecular flexibility index (Phi) is 8.30. The monoisotopic (exact) mass is 436 g/mol. The van der Waals surface area contributed by atoms with Gasteiger partial charge in [0.25, 0.3) is 5.91 Å². The molecule has 2 amide bonds. The molecular formula is C21H19F3N2O5. The minimum Gasteiger partial charge on any atom is -0.453 e. The first-order valence-electron chi connectivity index (χ1n) is 9.17. The topological polar surface area (TPSA) is 102 Å². The lowest BCUT2D eigenvalue weighted by Crippen LogP contribution is -2.40. The van der Waals surface area contributed by atoms with Crippen LogP contribution in [0.15, 0.2) is 42.5 Å². The summed E-state index contributed by atoms with van der Waals surface area (Å²) in [5.41, 5.74) is -0.148. The van der Waals surface area contributed by atoms with Crippen molar-refractivity contribution in [2.75, 3.05) is 11.9 Å². The minimum absolute atomic E-state index is 0.0978. The molecule has 0 fully saturated rings. The van der Waals surface area contributed by atoms with Crippen molar-refractivity contribution in [2.24, 2.45) is 0 Å². The summed E-state index contributed by atoms with van der Waals surface area (Å²) < 4.78 is 44.5. The highest BCUT2D eigenvalue weighted by Gasteiger charge is 2.20. The zero-order valence-corrected chi connectivity index (χ0v) is 16.4. The van der Waals surface area contributed by atoms with Crippen LogP contribution in [-0.2, 0) is 19.1 Å². The summed E-state index contributed by atoms with van der Waals surface area (Å²) in [7, 11) is 0. The highest BCUT2D eigenvalue weighted by molar-refractivity contribution is 5.98. The maximum absolute atomic E-state index is 13.5. The molecule has 0 aliphatic rings. The number of rotatable bonds is 9. The predicted octanol–water partition coefficient (Wildman–Crippen LogP) is 2.75. The number of hydrogen-bond donors (Lipinski definition) is 2. The number of anilines is 1. The van der Waals surface area contributed by atoms with Gasteiger partial charge in [-0.1, -0.05) is 30.3 Å². The van der Waals surface area contributed by atoms with Crippen LogP contribution in [0.1, 0.15) is 30.1 Å². The first kappa shape index (κ1) is 23.6. The fraction of sp³-hybridized carbons (Fsp3) is 0.238. The third-order valence-electron chi connectivity index (χ3n) is 4.06. The quantitative estimate of drug-likeness (QED) is 0.358.